The molecule has 2 aliphatic rings. The first-order valence-corrected chi connectivity index (χ1v) is 9.72. The first kappa shape index (κ1) is 18.5. The van der Waals surface area contributed by atoms with Crippen molar-refractivity contribution >= 4 is 12.1 Å². The number of nitrogens with one attached hydrogen (secondary N) is 1. The summed E-state index contributed by atoms with van der Waals surface area (Å²) in [5.41, 5.74) is 2.86. The highest BCUT2D eigenvalue weighted by atomic mass is 16.5. The minimum absolute atomic E-state index is 0.0111. The number of carboxylic acids is 1. The minimum atomic E-state index is -1.04. The average molecular weight is 379 g/mol. The van der Waals surface area contributed by atoms with Gasteiger partial charge in [-0.3, -0.25) is 4.79 Å². The van der Waals surface area contributed by atoms with Crippen LogP contribution in [-0.4, -0.2) is 29.3 Å². The van der Waals surface area contributed by atoms with Crippen molar-refractivity contribution in [1.29, 1.82) is 0 Å². The van der Waals surface area contributed by atoms with E-state index in [2.05, 4.69) is 29.6 Å². The number of alkyl carbamates (subject to hydrolysis) is 1. The molecule has 2 aromatic rings. The Morgan fingerprint density at radius 1 is 1.07 bits per heavy atom. The number of ether oxygens (including phenoxy) is 1. The largest absolute Gasteiger partial charge is 0.481 e. The van der Waals surface area contributed by atoms with E-state index in [4.69, 9.17) is 4.74 Å². The van der Waals surface area contributed by atoms with Crippen molar-refractivity contribution in [3.05, 3.63) is 59.7 Å². The van der Waals surface area contributed by atoms with Crippen LogP contribution < -0.4 is 5.32 Å². The molecular weight excluding hydrogens is 354 g/mol. The fourth-order valence-corrected chi connectivity index (χ4v) is 4.47. The Hall–Kier alpha value is -2.82. The summed E-state index contributed by atoms with van der Waals surface area (Å²) >= 11 is 0. The van der Waals surface area contributed by atoms with Gasteiger partial charge in [0.2, 0.25) is 0 Å². The summed E-state index contributed by atoms with van der Waals surface area (Å²) in [5, 5.41) is 12.5. The molecule has 2 aliphatic carbocycles. The quantitative estimate of drug-likeness (QED) is 0.799. The molecule has 146 valence electrons. The number of carboxylic acid groups (broad SMARTS) is 1. The smallest absolute Gasteiger partial charge is 0.407 e. The molecular formula is C23H25NO4. The summed E-state index contributed by atoms with van der Waals surface area (Å²) < 4.78 is 5.60. The maximum absolute atomic E-state index is 12.6. The molecule has 0 aliphatic heterocycles. The van der Waals surface area contributed by atoms with Crippen molar-refractivity contribution < 1.29 is 19.4 Å². The van der Waals surface area contributed by atoms with Crippen LogP contribution >= 0.6 is 0 Å². The minimum Gasteiger partial charge on any atom is -0.481 e. The van der Waals surface area contributed by atoms with Gasteiger partial charge in [-0.15, -0.1) is 0 Å². The van der Waals surface area contributed by atoms with Crippen molar-refractivity contribution in [2.45, 2.75) is 44.6 Å². The lowest BCUT2D eigenvalue weighted by atomic mass is 9.60. The topological polar surface area (TPSA) is 75.6 Å². The fourth-order valence-electron chi connectivity index (χ4n) is 4.47. The van der Waals surface area contributed by atoms with Crippen molar-refractivity contribution in [2.75, 3.05) is 6.61 Å². The Balaban J connectivity index is 1.49. The highest BCUT2D eigenvalue weighted by Gasteiger charge is 2.55. The lowest BCUT2D eigenvalue weighted by Gasteiger charge is -2.50. The summed E-state index contributed by atoms with van der Waals surface area (Å²) in [6.45, 7) is 3.56. The SMILES string of the molecule is CC(C)(C(=O)O)C1(NC(=O)OCC2c3ccccc3-c3ccccc32)CCC1. The van der Waals surface area contributed by atoms with Gasteiger partial charge in [-0.1, -0.05) is 48.5 Å². The van der Waals surface area contributed by atoms with Crippen LogP contribution in [0.2, 0.25) is 0 Å². The van der Waals surface area contributed by atoms with Crippen LogP contribution in [0.15, 0.2) is 48.5 Å². The Labute approximate surface area is 164 Å². The monoisotopic (exact) mass is 379 g/mol. The third kappa shape index (κ3) is 2.77. The van der Waals surface area contributed by atoms with Crippen molar-refractivity contribution in [3.8, 4) is 11.1 Å². The Bertz CT molecular complexity index is 884. The van der Waals surface area contributed by atoms with E-state index in [1.165, 1.54) is 11.1 Å². The number of benzene rings is 2. The van der Waals surface area contributed by atoms with Gasteiger partial charge in [-0.25, -0.2) is 4.79 Å². The number of hydrogen-bond acceptors (Lipinski definition) is 3. The maximum Gasteiger partial charge on any atom is 0.407 e. The normalized spacial score (nSPS) is 17.2. The van der Waals surface area contributed by atoms with E-state index < -0.39 is 23.0 Å². The van der Waals surface area contributed by atoms with Gasteiger partial charge < -0.3 is 15.2 Å². The van der Waals surface area contributed by atoms with Gasteiger partial charge in [0, 0.05) is 5.92 Å². The molecule has 2 N–H and O–H groups in total. The summed E-state index contributed by atoms with van der Waals surface area (Å²) in [6, 6.07) is 16.3. The molecule has 1 amide bonds. The lowest BCUT2D eigenvalue weighted by molar-refractivity contribution is -0.154. The average Bonchev–Trinajstić information content (AvgIpc) is 2.96. The first-order chi connectivity index (χ1) is 13.4. The van der Waals surface area contributed by atoms with E-state index in [1.54, 1.807) is 13.8 Å². The van der Waals surface area contributed by atoms with Gasteiger partial charge in [0.15, 0.2) is 0 Å². The molecule has 0 atom stereocenters. The van der Waals surface area contributed by atoms with E-state index in [0.29, 0.717) is 12.8 Å². The van der Waals surface area contributed by atoms with Crippen LogP contribution in [0, 0.1) is 5.41 Å². The van der Waals surface area contributed by atoms with Crippen LogP contribution in [0.25, 0.3) is 11.1 Å². The van der Waals surface area contributed by atoms with Crippen molar-refractivity contribution in [3.63, 3.8) is 0 Å². The Morgan fingerprint density at radius 3 is 2.07 bits per heavy atom. The van der Waals surface area contributed by atoms with E-state index in [0.717, 1.165) is 17.5 Å². The van der Waals surface area contributed by atoms with E-state index in [9.17, 15) is 14.7 Å². The predicted octanol–water partition coefficient (Wildman–Crippen LogP) is 4.56. The summed E-state index contributed by atoms with van der Waals surface area (Å²) in [5.74, 6) is -0.922. The van der Waals surface area contributed by atoms with Gasteiger partial charge in [0.25, 0.3) is 0 Å². The molecule has 28 heavy (non-hydrogen) atoms. The lowest BCUT2D eigenvalue weighted by Crippen LogP contribution is -2.64. The van der Waals surface area contributed by atoms with Crippen LogP contribution in [0.3, 0.4) is 0 Å². The van der Waals surface area contributed by atoms with Gasteiger partial charge >= 0.3 is 12.1 Å². The molecule has 0 radical (unpaired) electrons. The van der Waals surface area contributed by atoms with Crippen LogP contribution in [0.5, 0.6) is 0 Å². The summed E-state index contributed by atoms with van der Waals surface area (Å²) in [6.07, 6.45) is 1.66. The molecule has 5 nitrogen and oxygen atoms in total. The zero-order chi connectivity index (χ0) is 19.9. The second kappa shape index (κ2) is 6.66. The molecule has 1 saturated carbocycles. The summed E-state index contributed by atoms with van der Waals surface area (Å²) in [7, 11) is 0. The van der Waals surface area contributed by atoms with Gasteiger partial charge in [0.1, 0.15) is 6.61 Å². The van der Waals surface area contributed by atoms with Crippen LogP contribution in [0.1, 0.15) is 50.2 Å². The molecule has 0 spiro atoms. The molecule has 0 bridgehead atoms. The Kier molecular flexibility index (Phi) is 4.41. The van der Waals surface area contributed by atoms with Crippen molar-refractivity contribution in [1.82, 2.24) is 5.32 Å². The van der Waals surface area contributed by atoms with Gasteiger partial charge in [-0.05, 0) is 55.4 Å². The highest BCUT2D eigenvalue weighted by molar-refractivity contribution is 5.80. The maximum atomic E-state index is 12.6. The standard InChI is InChI=1S/C23H25NO4/c1-22(2,20(25)26)23(12-7-13-23)24-21(27)28-14-19-17-10-5-3-8-15(17)16-9-4-6-11-18(16)19/h3-6,8-11,19H,7,12-14H2,1-2H3,(H,24,27)(H,25,26). The summed E-state index contributed by atoms with van der Waals surface area (Å²) in [4.78, 5) is 24.3. The number of aliphatic carboxylic acids is 1. The highest BCUT2D eigenvalue weighted by Crippen LogP contribution is 2.47. The molecule has 5 heteroatoms. The van der Waals surface area contributed by atoms with E-state index >= 15 is 0 Å². The second-order valence-electron chi connectivity index (χ2n) is 8.32. The number of fused-ring (bicyclic) bond motifs is 3. The number of hydrogen-bond donors (Lipinski definition) is 2. The zero-order valence-electron chi connectivity index (χ0n) is 16.2. The first-order valence-electron chi connectivity index (χ1n) is 9.72. The number of amides is 1. The molecule has 0 unspecified atom stereocenters. The van der Waals surface area contributed by atoms with Crippen LogP contribution in [-0.2, 0) is 9.53 Å². The molecule has 0 saturated heterocycles. The number of rotatable bonds is 5. The zero-order valence-corrected chi connectivity index (χ0v) is 16.2. The third-order valence-corrected chi connectivity index (χ3v) is 6.62. The number of carbonyl (C=O) groups excluding carboxylic acids is 1. The van der Waals surface area contributed by atoms with Crippen molar-refractivity contribution in [2.24, 2.45) is 5.41 Å². The van der Waals surface area contributed by atoms with Gasteiger partial charge in [0.05, 0.1) is 11.0 Å². The fraction of sp³-hybridized carbons (Fsp3) is 0.391. The molecule has 1 fully saturated rings. The van der Waals surface area contributed by atoms with Gasteiger partial charge in [-0.2, -0.15) is 0 Å². The molecule has 4 rings (SSSR count). The Morgan fingerprint density at radius 2 is 1.61 bits per heavy atom. The molecule has 0 aromatic heterocycles. The van der Waals surface area contributed by atoms with E-state index in [-0.39, 0.29) is 12.5 Å². The molecule has 0 heterocycles. The molecule has 2 aromatic carbocycles. The van der Waals surface area contributed by atoms with Crippen LogP contribution in [0.4, 0.5) is 4.79 Å². The second-order valence-corrected chi connectivity index (χ2v) is 8.32. The predicted molar refractivity (Wildman–Crippen MR) is 106 cm³/mol. The number of carbonyl (C=O) groups is 2. The third-order valence-electron chi connectivity index (χ3n) is 6.62. The van der Waals surface area contributed by atoms with E-state index in [1.807, 2.05) is 24.3 Å².